The fraction of sp³-hybridized carbons (Fsp3) is 0.625. The molecule has 0 atom stereocenters. The van der Waals surface area contributed by atoms with E-state index in [1.165, 1.54) is 30.5 Å². The van der Waals surface area contributed by atoms with Gasteiger partial charge in [-0.3, -0.25) is 5.10 Å². The molecular formula is C8H11ClN2. The lowest BCUT2D eigenvalue weighted by Crippen LogP contribution is -2.10. The van der Waals surface area contributed by atoms with Crippen LogP contribution in [-0.2, 0) is 5.88 Å². The molecular weight excluding hydrogens is 160 g/mol. The van der Waals surface area contributed by atoms with Gasteiger partial charge in [0.05, 0.1) is 12.1 Å². The zero-order valence-corrected chi connectivity index (χ0v) is 7.06. The van der Waals surface area contributed by atoms with Gasteiger partial charge in [-0.05, 0) is 12.8 Å². The van der Waals surface area contributed by atoms with Gasteiger partial charge in [0.2, 0.25) is 0 Å². The average molecular weight is 171 g/mol. The molecule has 0 aromatic carbocycles. The van der Waals surface area contributed by atoms with Crippen LogP contribution in [0.4, 0.5) is 0 Å². The van der Waals surface area contributed by atoms with E-state index in [-0.39, 0.29) is 0 Å². The number of rotatable bonds is 2. The van der Waals surface area contributed by atoms with Crippen LogP contribution in [-0.4, -0.2) is 10.2 Å². The SMILES string of the molecule is ClCc1cn[nH]c1C1CCC1. The number of nitrogens with one attached hydrogen (secondary N) is 1. The summed E-state index contributed by atoms with van der Waals surface area (Å²) < 4.78 is 0. The number of hydrogen-bond acceptors (Lipinski definition) is 1. The van der Waals surface area contributed by atoms with Gasteiger partial charge in [-0.25, -0.2) is 0 Å². The van der Waals surface area contributed by atoms with E-state index >= 15 is 0 Å². The minimum absolute atomic E-state index is 0.586. The van der Waals surface area contributed by atoms with Crippen LogP contribution in [0, 0.1) is 0 Å². The second kappa shape index (κ2) is 2.86. The molecule has 1 aliphatic rings. The van der Waals surface area contributed by atoms with Crippen molar-refractivity contribution in [3.8, 4) is 0 Å². The summed E-state index contributed by atoms with van der Waals surface area (Å²) >= 11 is 5.74. The van der Waals surface area contributed by atoms with Gasteiger partial charge >= 0.3 is 0 Å². The van der Waals surface area contributed by atoms with Crippen molar-refractivity contribution < 1.29 is 0 Å². The summed E-state index contributed by atoms with van der Waals surface area (Å²) in [4.78, 5) is 0. The van der Waals surface area contributed by atoms with E-state index < -0.39 is 0 Å². The van der Waals surface area contributed by atoms with Gasteiger partial charge in [0.1, 0.15) is 0 Å². The van der Waals surface area contributed by atoms with Crippen LogP contribution >= 0.6 is 11.6 Å². The molecule has 1 heterocycles. The Morgan fingerprint density at radius 3 is 3.00 bits per heavy atom. The quantitative estimate of drug-likeness (QED) is 0.679. The summed E-state index contributed by atoms with van der Waals surface area (Å²) in [6.07, 6.45) is 5.78. The highest BCUT2D eigenvalue weighted by molar-refractivity contribution is 6.17. The Morgan fingerprint density at radius 1 is 1.64 bits per heavy atom. The topological polar surface area (TPSA) is 28.7 Å². The Kier molecular flexibility index (Phi) is 1.86. The number of aromatic nitrogens is 2. The van der Waals surface area contributed by atoms with Gasteiger partial charge in [-0.15, -0.1) is 11.6 Å². The lowest BCUT2D eigenvalue weighted by molar-refractivity contribution is 0.409. The minimum atomic E-state index is 0.586. The molecule has 0 spiro atoms. The standard InChI is InChI=1S/C8H11ClN2/c9-4-7-5-10-11-8(7)6-2-1-3-6/h5-6H,1-4H2,(H,10,11). The van der Waals surface area contributed by atoms with Gasteiger partial charge in [0.25, 0.3) is 0 Å². The normalized spacial score (nSPS) is 18.3. The summed E-state index contributed by atoms with van der Waals surface area (Å²) in [7, 11) is 0. The Hall–Kier alpha value is -0.500. The maximum Gasteiger partial charge on any atom is 0.0534 e. The van der Waals surface area contributed by atoms with E-state index in [9.17, 15) is 0 Å². The van der Waals surface area contributed by atoms with Crippen LogP contribution in [0.2, 0.25) is 0 Å². The van der Waals surface area contributed by atoms with Crippen LogP contribution in [0.25, 0.3) is 0 Å². The molecule has 0 unspecified atom stereocenters. The molecule has 1 aromatic heterocycles. The van der Waals surface area contributed by atoms with Crippen molar-refractivity contribution >= 4 is 11.6 Å². The molecule has 3 heteroatoms. The van der Waals surface area contributed by atoms with Gasteiger partial charge < -0.3 is 0 Å². The van der Waals surface area contributed by atoms with Gasteiger partial charge in [0.15, 0.2) is 0 Å². The molecule has 1 aromatic rings. The predicted octanol–water partition coefficient (Wildman–Crippen LogP) is 2.42. The van der Waals surface area contributed by atoms with Crippen molar-refractivity contribution in [3.05, 3.63) is 17.5 Å². The van der Waals surface area contributed by atoms with E-state index in [0.29, 0.717) is 11.8 Å². The minimum Gasteiger partial charge on any atom is -0.282 e. The second-order valence-corrected chi connectivity index (χ2v) is 3.34. The number of H-pyrrole nitrogens is 1. The van der Waals surface area contributed by atoms with Crippen LogP contribution in [0.1, 0.15) is 36.4 Å². The zero-order valence-electron chi connectivity index (χ0n) is 6.31. The molecule has 0 bridgehead atoms. The Labute approximate surface area is 71.0 Å². The smallest absolute Gasteiger partial charge is 0.0534 e. The molecule has 1 saturated carbocycles. The van der Waals surface area contributed by atoms with Crippen LogP contribution < -0.4 is 0 Å². The van der Waals surface area contributed by atoms with Gasteiger partial charge in [0, 0.05) is 17.2 Å². The number of hydrogen-bond donors (Lipinski definition) is 1. The summed E-state index contributed by atoms with van der Waals surface area (Å²) in [5, 5.41) is 7.01. The summed E-state index contributed by atoms with van der Waals surface area (Å²) in [6, 6.07) is 0. The van der Waals surface area contributed by atoms with E-state index in [1.807, 2.05) is 6.20 Å². The maximum atomic E-state index is 5.74. The van der Waals surface area contributed by atoms with E-state index in [1.54, 1.807) is 0 Å². The molecule has 0 radical (unpaired) electrons. The Bertz CT molecular complexity index is 240. The lowest BCUT2D eigenvalue weighted by atomic mass is 9.82. The maximum absolute atomic E-state index is 5.74. The van der Waals surface area contributed by atoms with Crippen LogP contribution in [0.5, 0.6) is 0 Å². The lowest BCUT2D eigenvalue weighted by Gasteiger charge is -2.24. The fourth-order valence-electron chi connectivity index (χ4n) is 1.48. The van der Waals surface area contributed by atoms with Gasteiger partial charge in [-0.1, -0.05) is 6.42 Å². The molecule has 0 aliphatic heterocycles. The second-order valence-electron chi connectivity index (χ2n) is 3.07. The predicted molar refractivity (Wildman–Crippen MR) is 44.7 cm³/mol. The van der Waals surface area contributed by atoms with Crippen molar-refractivity contribution in [1.29, 1.82) is 0 Å². The highest BCUT2D eigenvalue weighted by atomic mass is 35.5. The molecule has 0 amide bonds. The van der Waals surface area contributed by atoms with Crippen molar-refractivity contribution in [2.24, 2.45) is 0 Å². The molecule has 0 saturated heterocycles. The third-order valence-corrected chi connectivity index (χ3v) is 2.70. The first-order valence-electron chi connectivity index (χ1n) is 4.00. The third kappa shape index (κ3) is 1.16. The first-order chi connectivity index (χ1) is 5.42. The van der Waals surface area contributed by atoms with Crippen molar-refractivity contribution in [1.82, 2.24) is 10.2 Å². The van der Waals surface area contributed by atoms with Crippen molar-refractivity contribution in [2.75, 3.05) is 0 Å². The first kappa shape index (κ1) is 7.17. The average Bonchev–Trinajstić information content (AvgIpc) is 2.32. The highest BCUT2D eigenvalue weighted by Gasteiger charge is 2.23. The number of alkyl halides is 1. The molecule has 2 nitrogen and oxygen atoms in total. The number of aromatic amines is 1. The molecule has 2 rings (SSSR count). The van der Waals surface area contributed by atoms with Crippen molar-refractivity contribution in [2.45, 2.75) is 31.1 Å². The summed E-state index contributed by atoms with van der Waals surface area (Å²) in [5.74, 6) is 1.30. The summed E-state index contributed by atoms with van der Waals surface area (Å²) in [6.45, 7) is 0. The Morgan fingerprint density at radius 2 is 2.45 bits per heavy atom. The first-order valence-corrected chi connectivity index (χ1v) is 4.53. The molecule has 1 aliphatic carbocycles. The largest absolute Gasteiger partial charge is 0.282 e. The zero-order chi connectivity index (χ0) is 7.68. The highest BCUT2D eigenvalue weighted by Crippen LogP contribution is 2.36. The van der Waals surface area contributed by atoms with Crippen LogP contribution in [0.3, 0.4) is 0 Å². The van der Waals surface area contributed by atoms with Crippen LogP contribution in [0.15, 0.2) is 6.20 Å². The van der Waals surface area contributed by atoms with E-state index in [4.69, 9.17) is 11.6 Å². The van der Waals surface area contributed by atoms with E-state index in [2.05, 4.69) is 10.2 Å². The molecule has 1 fully saturated rings. The van der Waals surface area contributed by atoms with Gasteiger partial charge in [-0.2, -0.15) is 5.10 Å². The molecule has 60 valence electrons. The monoisotopic (exact) mass is 170 g/mol. The number of nitrogens with zero attached hydrogens (tertiary/aromatic N) is 1. The molecule has 11 heavy (non-hydrogen) atoms. The number of halogens is 1. The van der Waals surface area contributed by atoms with Crippen molar-refractivity contribution in [3.63, 3.8) is 0 Å². The third-order valence-electron chi connectivity index (χ3n) is 2.41. The van der Waals surface area contributed by atoms with E-state index in [0.717, 1.165) is 0 Å². The Balaban J connectivity index is 2.20. The summed E-state index contributed by atoms with van der Waals surface area (Å²) in [5.41, 5.74) is 2.45. The fourth-order valence-corrected chi connectivity index (χ4v) is 1.69. The molecule has 1 N–H and O–H groups in total.